The summed E-state index contributed by atoms with van der Waals surface area (Å²) < 4.78 is 0. The molecule has 2 heterocycles. The van der Waals surface area contributed by atoms with Gasteiger partial charge in [-0.3, -0.25) is 14.5 Å². The molecule has 0 aromatic carbocycles. The number of imide groups is 1. The van der Waals surface area contributed by atoms with Gasteiger partial charge in [0.15, 0.2) is 0 Å². The van der Waals surface area contributed by atoms with E-state index in [0.717, 1.165) is 35.4 Å². The van der Waals surface area contributed by atoms with Crippen LogP contribution < -0.4 is 0 Å². The van der Waals surface area contributed by atoms with Gasteiger partial charge in [-0.05, 0) is 20.3 Å². The maximum absolute atomic E-state index is 12.2. The fourth-order valence-corrected chi connectivity index (χ4v) is 3.50. The van der Waals surface area contributed by atoms with E-state index in [1.54, 1.807) is 11.3 Å². The van der Waals surface area contributed by atoms with E-state index in [4.69, 9.17) is 0 Å². The van der Waals surface area contributed by atoms with E-state index in [1.165, 1.54) is 4.90 Å². The van der Waals surface area contributed by atoms with Crippen LogP contribution in [0.25, 0.3) is 0 Å². The first-order valence-electron chi connectivity index (χ1n) is 6.54. The topological polar surface area (TPSA) is 37.4 Å². The van der Waals surface area contributed by atoms with E-state index < -0.39 is 0 Å². The van der Waals surface area contributed by atoms with E-state index in [9.17, 15) is 9.59 Å². The number of carbonyl (C=O) groups excluding carboxylic acids is 2. The summed E-state index contributed by atoms with van der Waals surface area (Å²) in [6.45, 7) is 6.55. The van der Waals surface area contributed by atoms with Gasteiger partial charge in [0.2, 0.25) is 0 Å². The van der Waals surface area contributed by atoms with Gasteiger partial charge >= 0.3 is 0 Å². The summed E-state index contributed by atoms with van der Waals surface area (Å²) in [5.41, 5.74) is 1.30. The molecule has 0 aliphatic carbocycles. The van der Waals surface area contributed by atoms with Crippen molar-refractivity contribution in [3.05, 3.63) is 20.9 Å². The maximum Gasteiger partial charge on any atom is 0.262 e. The highest BCUT2D eigenvalue weighted by molar-refractivity contribution is 7.12. The van der Waals surface area contributed by atoms with Crippen LogP contribution in [0.1, 0.15) is 63.1 Å². The fraction of sp³-hybridized carbons (Fsp3) is 0.571. The average Bonchev–Trinajstić information content (AvgIpc) is 2.75. The van der Waals surface area contributed by atoms with E-state index in [-0.39, 0.29) is 11.8 Å². The molecule has 0 fully saturated rings. The van der Waals surface area contributed by atoms with Crippen LogP contribution >= 0.6 is 11.3 Å². The third kappa shape index (κ3) is 2.09. The number of thiophene rings is 1. The predicted octanol–water partition coefficient (Wildman–Crippen LogP) is 3.54. The normalized spacial score (nSPS) is 14.5. The first kappa shape index (κ1) is 13.3. The Labute approximate surface area is 112 Å². The monoisotopic (exact) mass is 265 g/mol. The molecule has 0 atom stereocenters. The van der Waals surface area contributed by atoms with Crippen molar-refractivity contribution in [3.63, 3.8) is 0 Å². The van der Waals surface area contributed by atoms with E-state index in [2.05, 4.69) is 6.92 Å². The molecule has 18 heavy (non-hydrogen) atoms. The van der Waals surface area contributed by atoms with Crippen molar-refractivity contribution in [2.45, 2.75) is 46.5 Å². The summed E-state index contributed by atoms with van der Waals surface area (Å²) in [4.78, 5) is 27.8. The zero-order chi connectivity index (χ0) is 13.3. The molecule has 4 heteroatoms. The van der Waals surface area contributed by atoms with E-state index in [0.29, 0.717) is 17.7 Å². The number of fused-ring (bicyclic) bond motifs is 1. The number of carbonyl (C=O) groups is 2. The van der Waals surface area contributed by atoms with Gasteiger partial charge in [-0.15, -0.1) is 11.3 Å². The van der Waals surface area contributed by atoms with Crippen LogP contribution in [0, 0.1) is 13.8 Å². The van der Waals surface area contributed by atoms with Crippen LogP contribution in [-0.4, -0.2) is 23.3 Å². The lowest BCUT2D eigenvalue weighted by Gasteiger charge is -2.14. The number of hydrogen-bond donors (Lipinski definition) is 0. The molecular formula is C14H19NO2S. The van der Waals surface area contributed by atoms with Crippen LogP contribution in [0.15, 0.2) is 0 Å². The van der Waals surface area contributed by atoms with Crippen molar-refractivity contribution in [3.8, 4) is 0 Å². The molecule has 98 valence electrons. The van der Waals surface area contributed by atoms with Gasteiger partial charge < -0.3 is 0 Å². The molecule has 1 aliphatic rings. The summed E-state index contributed by atoms with van der Waals surface area (Å²) in [5.74, 6) is -0.179. The van der Waals surface area contributed by atoms with E-state index in [1.807, 2.05) is 13.8 Å². The predicted molar refractivity (Wildman–Crippen MR) is 73.3 cm³/mol. The first-order chi connectivity index (χ1) is 8.57. The Morgan fingerprint density at radius 1 is 0.944 bits per heavy atom. The van der Waals surface area contributed by atoms with Crippen molar-refractivity contribution in [1.82, 2.24) is 4.90 Å². The minimum Gasteiger partial charge on any atom is -0.274 e. The Hall–Kier alpha value is -1.16. The first-order valence-corrected chi connectivity index (χ1v) is 7.35. The summed E-state index contributed by atoms with van der Waals surface area (Å²) >= 11 is 1.54. The number of unbranched alkanes of at least 4 members (excludes halogenated alkanes) is 3. The Morgan fingerprint density at radius 3 is 2.00 bits per heavy atom. The molecule has 0 N–H and O–H groups in total. The minimum absolute atomic E-state index is 0.0895. The smallest absolute Gasteiger partial charge is 0.262 e. The number of rotatable bonds is 5. The molecule has 1 aromatic rings. The molecule has 2 rings (SSSR count). The Kier molecular flexibility index (Phi) is 3.85. The van der Waals surface area contributed by atoms with Crippen molar-refractivity contribution >= 4 is 23.2 Å². The van der Waals surface area contributed by atoms with Gasteiger partial charge in [-0.1, -0.05) is 26.2 Å². The second kappa shape index (κ2) is 5.22. The highest BCUT2D eigenvalue weighted by Gasteiger charge is 2.39. The number of nitrogens with zero attached hydrogens (tertiary/aromatic N) is 1. The largest absolute Gasteiger partial charge is 0.274 e. The Bertz CT molecular complexity index is 454. The molecule has 0 saturated carbocycles. The second-order valence-corrected chi connectivity index (χ2v) is 6.22. The molecule has 1 aromatic heterocycles. The number of amides is 2. The van der Waals surface area contributed by atoms with Crippen LogP contribution in [0.2, 0.25) is 0 Å². The van der Waals surface area contributed by atoms with Crippen molar-refractivity contribution < 1.29 is 9.59 Å². The van der Waals surface area contributed by atoms with Gasteiger partial charge in [0.05, 0.1) is 11.1 Å². The highest BCUT2D eigenvalue weighted by atomic mass is 32.1. The average molecular weight is 265 g/mol. The summed E-state index contributed by atoms with van der Waals surface area (Å²) in [5, 5.41) is 0. The SMILES string of the molecule is CCCCCCN1C(=O)c2c(C)sc(C)c2C1=O. The van der Waals surface area contributed by atoms with Crippen LogP contribution in [0.4, 0.5) is 0 Å². The lowest BCUT2D eigenvalue weighted by molar-refractivity contribution is 0.0651. The molecule has 1 aliphatic heterocycles. The second-order valence-electron chi connectivity index (χ2n) is 4.79. The fourth-order valence-electron chi connectivity index (χ4n) is 2.46. The van der Waals surface area contributed by atoms with Gasteiger partial charge in [-0.2, -0.15) is 0 Å². The number of hydrogen-bond acceptors (Lipinski definition) is 3. The molecule has 0 spiro atoms. The summed E-state index contributed by atoms with van der Waals surface area (Å²) in [7, 11) is 0. The molecule has 0 bridgehead atoms. The van der Waals surface area contributed by atoms with Gasteiger partial charge in [0.1, 0.15) is 0 Å². The van der Waals surface area contributed by atoms with Crippen LogP contribution in [-0.2, 0) is 0 Å². The Morgan fingerprint density at radius 2 is 1.50 bits per heavy atom. The molecular weight excluding hydrogens is 246 g/mol. The quantitative estimate of drug-likeness (QED) is 0.603. The standard InChI is InChI=1S/C14H19NO2S/c1-4-5-6-7-8-15-13(16)11-9(2)18-10(3)12(11)14(15)17/h4-8H2,1-3H3. The maximum atomic E-state index is 12.2. The van der Waals surface area contributed by atoms with Crippen molar-refractivity contribution in [2.75, 3.05) is 6.54 Å². The lowest BCUT2D eigenvalue weighted by atomic mass is 10.1. The molecule has 3 nitrogen and oxygen atoms in total. The number of aryl methyl sites for hydroxylation is 2. The van der Waals surface area contributed by atoms with Gasteiger partial charge in [0.25, 0.3) is 11.8 Å². The van der Waals surface area contributed by atoms with Crippen LogP contribution in [0.5, 0.6) is 0 Å². The van der Waals surface area contributed by atoms with Gasteiger partial charge in [0, 0.05) is 16.3 Å². The molecule has 0 saturated heterocycles. The summed E-state index contributed by atoms with van der Waals surface area (Å²) in [6, 6.07) is 0. The molecule has 0 radical (unpaired) electrons. The molecule has 2 amide bonds. The zero-order valence-corrected chi connectivity index (χ0v) is 12.0. The summed E-state index contributed by atoms with van der Waals surface area (Å²) in [6.07, 6.45) is 4.32. The van der Waals surface area contributed by atoms with Crippen molar-refractivity contribution in [1.29, 1.82) is 0 Å². The minimum atomic E-state index is -0.0895. The lowest BCUT2D eigenvalue weighted by Crippen LogP contribution is -2.31. The van der Waals surface area contributed by atoms with Gasteiger partial charge in [-0.25, -0.2) is 0 Å². The molecule has 0 unspecified atom stereocenters. The highest BCUT2D eigenvalue weighted by Crippen LogP contribution is 2.34. The van der Waals surface area contributed by atoms with Crippen LogP contribution in [0.3, 0.4) is 0 Å². The van der Waals surface area contributed by atoms with E-state index >= 15 is 0 Å². The zero-order valence-electron chi connectivity index (χ0n) is 11.2. The van der Waals surface area contributed by atoms with Crippen molar-refractivity contribution in [2.24, 2.45) is 0 Å². The third-order valence-electron chi connectivity index (χ3n) is 3.41. The Balaban J connectivity index is 2.11. The third-order valence-corrected chi connectivity index (χ3v) is 4.43.